The molecule has 0 bridgehead atoms. The number of hydrogen-bond acceptors (Lipinski definition) is 5. The van der Waals surface area contributed by atoms with Gasteiger partial charge in [-0.15, -0.1) is 0 Å². The number of phenolic OH excluding ortho intramolecular Hbond substituents is 1. The van der Waals surface area contributed by atoms with Crippen LogP contribution in [0, 0.1) is 5.92 Å². The molecule has 3 rings (SSSR count). The molecule has 1 aromatic carbocycles. The van der Waals surface area contributed by atoms with Crippen molar-refractivity contribution in [3.05, 3.63) is 28.2 Å². The third kappa shape index (κ3) is 4.69. The van der Waals surface area contributed by atoms with Gasteiger partial charge in [0.2, 0.25) is 5.91 Å². The van der Waals surface area contributed by atoms with Crippen LogP contribution in [0.15, 0.2) is 22.7 Å². The fraction of sp³-hybridized carbons (Fsp3) is 0.619. The quantitative estimate of drug-likeness (QED) is 0.695. The van der Waals surface area contributed by atoms with Gasteiger partial charge in [0.1, 0.15) is 11.8 Å². The molecule has 0 aromatic heterocycles. The van der Waals surface area contributed by atoms with Gasteiger partial charge in [-0.25, -0.2) is 0 Å². The van der Waals surface area contributed by atoms with Gasteiger partial charge in [0.05, 0.1) is 11.6 Å². The molecule has 0 unspecified atom stereocenters. The number of piperidine rings is 1. The molecule has 0 spiro atoms. The molecule has 1 amide bonds. The number of benzene rings is 1. The second-order valence-corrected chi connectivity index (χ2v) is 8.72. The number of ether oxygens (including phenoxy) is 1. The lowest BCUT2D eigenvalue weighted by Crippen LogP contribution is -2.51. The van der Waals surface area contributed by atoms with Crippen LogP contribution in [0.3, 0.4) is 0 Å². The van der Waals surface area contributed by atoms with E-state index >= 15 is 0 Å². The zero-order valence-electron chi connectivity index (χ0n) is 16.6. The number of esters is 1. The van der Waals surface area contributed by atoms with Crippen LogP contribution in [0.5, 0.6) is 5.75 Å². The fourth-order valence-electron chi connectivity index (χ4n) is 4.46. The van der Waals surface area contributed by atoms with Gasteiger partial charge >= 0.3 is 5.97 Å². The molecule has 2 heterocycles. The first-order valence-electron chi connectivity index (χ1n) is 10.0. The van der Waals surface area contributed by atoms with Gasteiger partial charge in [0.15, 0.2) is 0 Å². The molecular weight excluding hydrogens is 424 g/mol. The van der Waals surface area contributed by atoms with Gasteiger partial charge in [-0.3, -0.25) is 14.5 Å². The van der Waals surface area contributed by atoms with E-state index in [-0.39, 0.29) is 29.6 Å². The maximum atomic E-state index is 12.9. The Morgan fingerprint density at radius 1 is 1.25 bits per heavy atom. The second kappa shape index (κ2) is 9.27. The number of halogens is 1. The van der Waals surface area contributed by atoms with Crippen LogP contribution in [0.1, 0.15) is 38.2 Å². The number of nitrogens with zero attached hydrogens (tertiary/aromatic N) is 2. The van der Waals surface area contributed by atoms with E-state index in [1.807, 2.05) is 24.0 Å². The van der Waals surface area contributed by atoms with E-state index in [0.29, 0.717) is 16.9 Å². The van der Waals surface area contributed by atoms with Crippen LogP contribution < -0.4 is 0 Å². The molecule has 1 N–H and O–H groups in total. The third-order valence-electron chi connectivity index (χ3n) is 5.99. The van der Waals surface area contributed by atoms with E-state index in [1.165, 1.54) is 7.11 Å². The summed E-state index contributed by atoms with van der Waals surface area (Å²) in [5, 5.41) is 9.62. The lowest BCUT2D eigenvalue weighted by atomic mass is 9.97. The van der Waals surface area contributed by atoms with Crippen molar-refractivity contribution in [3.8, 4) is 5.75 Å². The normalized spacial score (nSPS) is 22.2. The Hall–Kier alpha value is -1.60. The van der Waals surface area contributed by atoms with Gasteiger partial charge < -0.3 is 14.7 Å². The van der Waals surface area contributed by atoms with Crippen molar-refractivity contribution < 1.29 is 19.4 Å². The molecule has 154 valence electrons. The average Bonchev–Trinajstić information content (AvgIpc) is 3.19. The largest absolute Gasteiger partial charge is 0.507 e. The van der Waals surface area contributed by atoms with Crippen LogP contribution in [-0.2, 0) is 20.7 Å². The molecule has 0 radical (unpaired) electrons. The van der Waals surface area contributed by atoms with E-state index < -0.39 is 0 Å². The van der Waals surface area contributed by atoms with Gasteiger partial charge in [-0.2, -0.15) is 0 Å². The Bertz CT molecular complexity index is 718. The second-order valence-electron chi connectivity index (χ2n) is 7.87. The summed E-state index contributed by atoms with van der Waals surface area (Å²) in [5.41, 5.74) is 1.03. The molecule has 2 saturated heterocycles. The summed E-state index contributed by atoms with van der Waals surface area (Å²) in [4.78, 5) is 29.1. The highest BCUT2D eigenvalue weighted by Crippen LogP contribution is 2.28. The molecule has 0 saturated carbocycles. The molecule has 2 aliphatic heterocycles. The van der Waals surface area contributed by atoms with Crippen LogP contribution in [0.25, 0.3) is 0 Å². The molecule has 6 nitrogen and oxygen atoms in total. The van der Waals surface area contributed by atoms with Crippen LogP contribution in [-0.4, -0.2) is 65.6 Å². The molecule has 2 atom stereocenters. The highest BCUT2D eigenvalue weighted by molar-refractivity contribution is 9.10. The zero-order valence-corrected chi connectivity index (χ0v) is 18.2. The molecule has 0 aliphatic carbocycles. The first-order valence-corrected chi connectivity index (χ1v) is 10.8. The van der Waals surface area contributed by atoms with Crippen molar-refractivity contribution >= 4 is 27.8 Å². The van der Waals surface area contributed by atoms with Crippen molar-refractivity contribution in [2.45, 2.75) is 51.1 Å². The first kappa shape index (κ1) is 21.1. The smallest absolute Gasteiger partial charge is 0.323 e. The number of aromatic hydroxyl groups is 1. The number of hydrogen-bond donors (Lipinski definition) is 1. The Morgan fingerprint density at radius 3 is 2.61 bits per heavy atom. The number of methoxy groups -OCH3 is 1. The topological polar surface area (TPSA) is 70.1 Å². The standard InChI is InChI=1S/C21H29BrN2O4/c1-14(12-15-5-6-19(25)17(22)13-15)20(26)23-10-7-16(8-11-23)24-9-3-4-18(24)21(27)28-2/h5-6,13-14,16,18,25H,3-4,7-12H2,1-2H3/t14-,18+/m1/s1. The van der Waals surface area contributed by atoms with Crippen LogP contribution in [0.4, 0.5) is 0 Å². The van der Waals surface area contributed by atoms with Crippen molar-refractivity contribution in [3.63, 3.8) is 0 Å². The summed E-state index contributed by atoms with van der Waals surface area (Å²) >= 11 is 3.33. The van der Waals surface area contributed by atoms with Crippen molar-refractivity contribution in [2.24, 2.45) is 5.92 Å². The molecule has 7 heteroatoms. The summed E-state index contributed by atoms with van der Waals surface area (Å²) in [5.74, 6) is 0.137. The van der Waals surface area contributed by atoms with E-state index in [2.05, 4.69) is 20.8 Å². The van der Waals surface area contributed by atoms with Crippen molar-refractivity contribution in [1.82, 2.24) is 9.80 Å². The minimum atomic E-state index is -0.135. The Kier molecular flexibility index (Phi) is 6.99. The van der Waals surface area contributed by atoms with Crippen molar-refractivity contribution in [1.29, 1.82) is 0 Å². The van der Waals surface area contributed by atoms with Gasteiger partial charge in [-0.1, -0.05) is 13.0 Å². The maximum absolute atomic E-state index is 12.9. The molecule has 2 aliphatic rings. The average molecular weight is 453 g/mol. The predicted octanol–water partition coefficient (Wildman–Crippen LogP) is 2.96. The van der Waals surface area contributed by atoms with E-state index in [1.54, 1.807) is 6.07 Å². The third-order valence-corrected chi connectivity index (χ3v) is 6.62. The lowest BCUT2D eigenvalue weighted by Gasteiger charge is -2.39. The Balaban J connectivity index is 1.53. The number of carbonyl (C=O) groups is 2. The lowest BCUT2D eigenvalue weighted by molar-refractivity contribution is -0.147. The molecule has 2 fully saturated rings. The highest BCUT2D eigenvalue weighted by atomic mass is 79.9. The van der Waals surface area contributed by atoms with E-state index in [9.17, 15) is 14.7 Å². The van der Waals surface area contributed by atoms with Crippen molar-refractivity contribution in [2.75, 3.05) is 26.7 Å². The number of rotatable bonds is 5. The Labute approximate surface area is 175 Å². The van der Waals surface area contributed by atoms with Crippen LogP contribution in [0.2, 0.25) is 0 Å². The molecule has 28 heavy (non-hydrogen) atoms. The molecular formula is C21H29BrN2O4. The highest BCUT2D eigenvalue weighted by Gasteiger charge is 2.38. The van der Waals surface area contributed by atoms with Gasteiger partial charge in [-0.05, 0) is 72.3 Å². The van der Waals surface area contributed by atoms with Crippen LogP contribution >= 0.6 is 15.9 Å². The minimum Gasteiger partial charge on any atom is -0.507 e. The van der Waals surface area contributed by atoms with E-state index in [4.69, 9.17) is 4.74 Å². The minimum absolute atomic E-state index is 0.109. The van der Waals surface area contributed by atoms with Gasteiger partial charge in [0.25, 0.3) is 0 Å². The first-order chi connectivity index (χ1) is 13.4. The summed E-state index contributed by atoms with van der Waals surface area (Å²) in [7, 11) is 1.45. The monoisotopic (exact) mass is 452 g/mol. The summed E-state index contributed by atoms with van der Waals surface area (Å²) < 4.78 is 5.60. The zero-order chi connectivity index (χ0) is 20.3. The maximum Gasteiger partial charge on any atom is 0.323 e. The number of likely N-dealkylation sites (tertiary alicyclic amines) is 2. The number of carbonyl (C=O) groups excluding carboxylic acids is 2. The van der Waals surface area contributed by atoms with E-state index in [0.717, 1.165) is 50.9 Å². The summed E-state index contributed by atoms with van der Waals surface area (Å²) in [6.45, 7) is 4.36. The fourth-order valence-corrected chi connectivity index (χ4v) is 4.89. The predicted molar refractivity (Wildman–Crippen MR) is 110 cm³/mol. The van der Waals surface area contributed by atoms with Gasteiger partial charge in [0, 0.05) is 25.0 Å². The number of amides is 1. The molecule has 1 aromatic rings. The SMILES string of the molecule is COC(=O)[C@@H]1CCCN1C1CCN(C(=O)[C@H](C)Cc2ccc(O)c(Br)c2)CC1. The summed E-state index contributed by atoms with van der Waals surface area (Å²) in [6, 6.07) is 5.60. The number of phenols is 1. The summed E-state index contributed by atoms with van der Waals surface area (Å²) in [6.07, 6.45) is 4.34. The Morgan fingerprint density at radius 2 is 1.96 bits per heavy atom.